The lowest BCUT2D eigenvalue weighted by Gasteiger charge is -2.01. The highest BCUT2D eigenvalue weighted by molar-refractivity contribution is 7.16. The molecular weight excluding hydrogens is 360 g/mol. The van der Waals surface area contributed by atoms with E-state index in [0.717, 1.165) is 15.8 Å². The first kappa shape index (κ1) is 17.4. The summed E-state index contributed by atoms with van der Waals surface area (Å²) >= 11 is 7.51. The molecule has 0 aliphatic heterocycles. The molecule has 0 aliphatic carbocycles. The van der Waals surface area contributed by atoms with Crippen molar-refractivity contribution in [2.75, 3.05) is 7.11 Å². The molecule has 25 heavy (non-hydrogen) atoms. The average molecular weight is 375 g/mol. The largest absolute Gasteiger partial charge is 0.465 e. The van der Waals surface area contributed by atoms with E-state index in [0.29, 0.717) is 21.0 Å². The van der Waals surface area contributed by atoms with Crippen molar-refractivity contribution in [1.29, 1.82) is 0 Å². The standard InChI is InChI=1S/C18H15ClN2O3S/c1-10-8-13(19)9-14-15(10)21(2)18(25-14)20-16(22)11-4-6-12(7-5-11)17(23)24-3/h4-9H,1-3H3. The van der Waals surface area contributed by atoms with Crippen LogP contribution >= 0.6 is 22.9 Å². The van der Waals surface area contributed by atoms with Gasteiger partial charge in [0.2, 0.25) is 0 Å². The number of hydrogen-bond acceptors (Lipinski definition) is 4. The molecule has 0 radical (unpaired) electrons. The highest BCUT2D eigenvalue weighted by Gasteiger charge is 2.11. The van der Waals surface area contributed by atoms with Crippen molar-refractivity contribution in [3.8, 4) is 0 Å². The Morgan fingerprint density at radius 3 is 2.44 bits per heavy atom. The normalized spacial score (nSPS) is 11.8. The monoisotopic (exact) mass is 374 g/mol. The van der Waals surface area contributed by atoms with E-state index >= 15 is 0 Å². The fraction of sp³-hybridized carbons (Fsp3) is 0.167. The second-order valence-corrected chi connectivity index (χ2v) is 6.94. The van der Waals surface area contributed by atoms with Gasteiger partial charge in [-0.15, -0.1) is 0 Å². The minimum atomic E-state index is -0.445. The third-order valence-corrected chi connectivity index (χ3v) is 5.10. The topological polar surface area (TPSA) is 60.7 Å². The fourth-order valence-corrected chi connectivity index (χ4v) is 4.06. The van der Waals surface area contributed by atoms with E-state index in [9.17, 15) is 9.59 Å². The summed E-state index contributed by atoms with van der Waals surface area (Å²) in [5.41, 5.74) is 2.82. The number of aromatic nitrogens is 1. The number of halogens is 1. The molecule has 5 nitrogen and oxygen atoms in total. The van der Waals surface area contributed by atoms with Gasteiger partial charge in [-0.1, -0.05) is 22.9 Å². The van der Waals surface area contributed by atoms with E-state index in [1.165, 1.54) is 18.4 Å². The summed E-state index contributed by atoms with van der Waals surface area (Å²) in [6, 6.07) is 9.96. The van der Waals surface area contributed by atoms with Gasteiger partial charge in [0.15, 0.2) is 4.80 Å². The van der Waals surface area contributed by atoms with E-state index < -0.39 is 5.97 Å². The van der Waals surface area contributed by atoms with Crippen LogP contribution in [-0.4, -0.2) is 23.6 Å². The number of carbonyl (C=O) groups is 2. The molecule has 0 N–H and O–H groups in total. The van der Waals surface area contributed by atoms with E-state index in [2.05, 4.69) is 9.73 Å². The number of carbonyl (C=O) groups excluding carboxylic acids is 2. The third-order valence-electron chi connectivity index (χ3n) is 3.80. The van der Waals surface area contributed by atoms with Crippen molar-refractivity contribution in [3.05, 3.63) is 62.9 Å². The van der Waals surface area contributed by atoms with Crippen molar-refractivity contribution in [3.63, 3.8) is 0 Å². The van der Waals surface area contributed by atoms with Crippen LogP contribution in [0.4, 0.5) is 0 Å². The molecule has 0 fully saturated rings. The number of rotatable bonds is 2. The van der Waals surface area contributed by atoms with Gasteiger partial charge in [0, 0.05) is 17.6 Å². The Kier molecular flexibility index (Phi) is 4.74. The van der Waals surface area contributed by atoms with Gasteiger partial charge >= 0.3 is 5.97 Å². The molecule has 7 heteroatoms. The Labute approximate surface area is 153 Å². The smallest absolute Gasteiger partial charge is 0.337 e. The Hall–Kier alpha value is -2.44. The number of hydrogen-bond donors (Lipinski definition) is 0. The summed E-state index contributed by atoms with van der Waals surface area (Å²) in [4.78, 5) is 28.7. The maximum Gasteiger partial charge on any atom is 0.337 e. The van der Waals surface area contributed by atoms with Crippen molar-refractivity contribution in [1.82, 2.24) is 4.57 Å². The molecule has 0 atom stereocenters. The van der Waals surface area contributed by atoms with Gasteiger partial charge in [-0.05, 0) is 48.9 Å². The van der Waals surface area contributed by atoms with Crippen LogP contribution < -0.4 is 4.80 Å². The lowest BCUT2D eigenvalue weighted by molar-refractivity contribution is 0.0600. The number of fused-ring (bicyclic) bond motifs is 1. The lowest BCUT2D eigenvalue weighted by Crippen LogP contribution is -2.13. The third kappa shape index (κ3) is 3.36. The van der Waals surface area contributed by atoms with Crippen LogP contribution in [0.5, 0.6) is 0 Å². The van der Waals surface area contributed by atoms with Gasteiger partial charge in [-0.3, -0.25) is 4.79 Å². The van der Waals surface area contributed by atoms with Crippen LogP contribution in [0.1, 0.15) is 26.3 Å². The Balaban J connectivity index is 2.01. The Morgan fingerprint density at radius 1 is 1.16 bits per heavy atom. The quantitative estimate of drug-likeness (QED) is 0.642. The van der Waals surface area contributed by atoms with E-state index in [1.807, 2.05) is 30.7 Å². The summed E-state index contributed by atoms with van der Waals surface area (Å²) in [5, 5.41) is 0.656. The molecule has 0 bridgehead atoms. The second-order valence-electron chi connectivity index (χ2n) is 5.50. The predicted molar refractivity (Wildman–Crippen MR) is 98.2 cm³/mol. The van der Waals surface area contributed by atoms with E-state index in [-0.39, 0.29) is 5.91 Å². The molecule has 3 aromatic rings. The van der Waals surface area contributed by atoms with Crippen LogP contribution in [0.3, 0.4) is 0 Å². The summed E-state index contributed by atoms with van der Waals surface area (Å²) in [5.74, 6) is -0.818. The molecule has 0 unspecified atom stereocenters. The number of ether oxygens (including phenoxy) is 1. The van der Waals surface area contributed by atoms with Crippen LogP contribution in [0.15, 0.2) is 41.4 Å². The first-order valence-electron chi connectivity index (χ1n) is 7.44. The van der Waals surface area contributed by atoms with Gasteiger partial charge in [0.25, 0.3) is 5.91 Å². The zero-order chi connectivity index (χ0) is 18.1. The SMILES string of the molecule is COC(=O)c1ccc(C(=O)N=c2sc3cc(Cl)cc(C)c3n2C)cc1. The number of esters is 1. The number of nitrogens with zero attached hydrogens (tertiary/aromatic N) is 2. The van der Waals surface area contributed by atoms with Gasteiger partial charge < -0.3 is 9.30 Å². The molecule has 0 saturated carbocycles. The minimum absolute atomic E-state index is 0.373. The summed E-state index contributed by atoms with van der Waals surface area (Å²) < 4.78 is 7.50. The molecule has 0 saturated heterocycles. The van der Waals surface area contributed by atoms with Crippen molar-refractivity contribution in [2.45, 2.75) is 6.92 Å². The molecule has 0 aliphatic rings. The van der Waals surface area contributed by atoms with Gasteiger partial charge in [0.1, 0.15) is 0 Å². The summed E-state index contributed by atoms with van der Waals surface area (Å²) in [6.07, 6.45) is 0. The average Bonchev–Trinajstić information content (AvgIpc) is 2.89. The highest BCUT2D eigenvalue weighted by Crippen LogP contribution is 2.25. The molecule has 2 aromatic carbocycles. The maximum atomic E-state index is 12.4. The maximum absolute atomic E-state index is 12.4. The first-order valence-corrected chi connectivity index (χ1v) is 8.63. The second kappa shape index (κ2) is 6.82. The molecule has 128 valence electrons. The van der Waals surface area contributed by atoms with Crippen LogP contribution in [0.2, 0.25) is 5.02 Å². The van der Waals surface area contributed by atoms with E-state index in [1.54, 1.807) is 24.3 Å². The van der Waals surface area contributed by atoms with Gasteiger partial charge in [0.05, 0.1) is 22.9 Å². The van der Waals surface area contributed by atoms with Crippen LogP contribution in [-0.2, 0) is 11.8 Å². The predicted octanol–water partition coefficient (Wildman–Crippen LogP) is 3.73. The van der Waals surface area contributed by atoms with Gasteiger partial charge in [-0.25, -0.2) is 4.79 Å². The molecule has 1 aromatic heterocycles. The zero-order valence-electron chi connectivity index (χ0n) is 13.9. The Bertz CT molecular complexity index is 1050. The first-order chi connectivity index (χ1) is 11.9. The number of benzene rings is 2. The highest BCUT2D eigenvalue weighted by atomic mass is 35.5. The molecule has 1 amide bonds. The van der Waals surface area contributed by atoms with Crippen molar-refractivity contribution < 1.29 is 14.3 Å². The molecule has 1 heterocycles. The fourth-order valence-electron chi connectivity index (χ4n) is 2.59. The summed E-state index contributed by atoms with van der Waals surface area (Å²) in [7, 11) is 3.18. The number of aryl methyl sites for hydroxylation is 2. The number of methoxy groups -OCH3 is 1. The van der Waals surface area contributed by atoms with Crippen LogP contribution in [0.25, 0.3) is 10.2 Å². The van der Waals surface area contributed by atoms with Gasteiger partial charge in [-0.2, -0.15) is 4.99 Å². The lowest BCUT2D eigenvalue weighted by atomic mass is 10.1. The minimum Gasteiger partial charge on any atom is -0.465 e. The molecular formula is C18H15ClN2O3S. The van der Waals surface area contributed by atoms with Crippen molar-refractivity contribution in [2.24, 2.45) is 12.0 Å². The molecule has 3 rings (SSSR count). The Morgan fingerprint density at radius 2 is 1.80 bits per heavy atom. The number of amides is 1. The number of thiazole rings is 1. The van der Waals surface area contributed by atoms with E-state index in [4.69, 9.17) is 11.6 Å². The zero-order valence-corrected chi connectivity index (χ0v) is 15.4. The van der Waals surface area contributed by atoms with Crippen LogP contribution in [0, 0.1) is 6.92 Å². The van der Waals surface area contributed by atoms with Crippen molar-refractivity contribution >= 4 is 45.0 Å². The summed E-state index contributed by atoms with van der Waals surface area (Å²) in [6.45, 7) is 1.97. The molecule has 0 spiro atoms.